The number of ether oxygens (including phenoxy) is 1. The first kappa shape index (κ1) is 13.7. The van der Waals surface area contributed by atoms with Gasteiger partial charge in [0.05, 0.1) is 6.61 Å². The lowest BCUT2D eigenvalue weighted by molar-refractivity contribution is -0.144. The minimum absolute atomic E-state index is 0.252. The molecule has 1 aromatic heterocycles. The molecule has 1 atom stereocenters. The van der Waals surface area contributed by atoms with E-state index >= 15 is 0 Å². The van der Waals surface area contributed by atoms with E-state index in [2.05, 4.69) is 9.97 Å². The first-order chi connectivity index (χ1) is 10.2. The van der Waals surface area contributed by atoms with Crippen LogP contribution >= 0.6 is 0 Å². The standard InChI is InChI=1S/C15H16FN3O2/c1-2-21-15(20)12-7-4-8-19(12)14-10-5-3-6-11(16)13(10)17-9-18-14/h3,5-6,9,12H,2,4,7-8H2,1H3/t12-/m1/s1. The zero-order valence-corrected chi connectivity index (χ0v) is 11.8. The summed E-state index contributed by atoms with van der Waals surface area (Å²) in [5, 5.41) is 0.619. The van der Waals surface area contributed by atoms with Gasteiger partial charge >= 0.3 is 5.97 Å². The van der Waals surface area contributed by atoms with Crippen LogP contribution in [0.5, 0.6) is 0 Å². The SMILES string of the molecule is CCOC(=O)[C@H]1CCCN1c1ncnc2c(F)cccc12. The maximum absolute atomic E-state index is 13.8. The molecule has 0 radical (unpaired) electrons. The van der Waals surface area contributed by atoms with Gasteiger partial charge in [0.1, 0.15) is 29.5 Å². The van der Waals surface area contributed by atoms with Crippen molar-refractivity contribution < 1.29 is 13.9 Å². The quantitative estimate of drug-likeness (QED) is 0.812. The average Bonchev–Trinajstić information content (AvgIpc) is 2.97. The number of halogens is 1. The van der Waals surface area contributed by atoms with E-state index in [-0.39, 0.29) is 23.3 Å². The second-order valence-corrected chi connectivity index (χ2v) is 4.94. The van der Waals surface area contributed by atoms with Crippen LogP contribution in [0.3, 0.4) is 0 Å². The van der Waals surface area contributed by atoms with Crippen LogP contribution in [0.4, 0.5) is 10.2 Å². The molecular formula is C15H16FN3O2. The Balaban J connectivity index is 2.03. The van der Waals surface area contributed by atoms with Crippen LogP contribution in [0.2, 0.25) is 0 Å². The van der Waals surface area contributed by atoms with Crippen molar-refractivity contribution in [3.05, 3.63) is 30.3 Å². The van der Waals surface area contributed by atoms with Crippen LogP contribution in [0.1, 0.15) is 19.8 Å². The smallest absolute Gasteiger partial charge is 0.328 e. The summed E-state index contributed by atoms with van der Waals surface area (Å²) in [5.41, 5.74) is 0.275. The number of fused-ring (bicyclic) bond motifs is 1. The van der Waals surface area contributed by atoms with Crippen LogP contribution in [0.15, 0.2) is 24.5 Å². The minimum Gasteiger partial charge on any atom is -0.464 e. The molecule has 1 aromatic carbocycles. The van der Waals surface area contributed by atoms with Crippen LogP contribution in [-0.4, -0.2) is 35.1 Å². The third-order valence-corrected chi connectivity index (χ3v) is 3.68. The molecule has 6 heteroatoms. The molecule has 1 saturated heterocycles. The molecule has 0 unspecified atom stereocenters. The molecule has 0 spiro atoms. The Hall–Kier alpha value is -2.24. The third-order valence-electron chi connectivity index (χ3n) is 3.68. The van der Waals surface area contributed by atoms with Crippen molar-refractivity contribution in [2.75, 3.05) is 18.1 Å². The highest BCUT2D eigenvalue weighted by Gasteiger charge is 2.33. The van der Waals surface area contributed by atoms with Crippen molar-refractivity contribution >= 4 is 22.7 Å². The molecule has 0 saturated carbocycles. The topological polar surface area (TPSA) is 55.3 Å². The van der Waals surface area contributed by atoms with Gasteiger partial charge in [-0.1, -0.05) is 6.07 Å². The number of benzene rings is 1. The summed E-state index contributed by atoms with van der Waals surface area (Å²) in [6.07, 6.45) is 2.94. The number of rotatable bonds is 3. The van der Waals surface area contributed by atoms with E-state index in [1.165, 1.54) is 12.4 Å². The van der Waals surface area contributed by atoms with Gasteiger partial charge in [-0.2, -0.15) is 0 Å². The summed E-state index contributed by atoms with van der Waals surface area (Å²) < 4.78 is 18.9. The second kappa shape index (κ2) is 5.63. The predicted molar refractivity (Wildman–Crippen MR) is 76.5 cm³/mol. The van der Waals surface area contributed by atoms with E-state index in [9.17, 15) is 9.18 Å². The number of anilines is 1. The molecule has 110 valence electrons. The van der Waals surface area contributed by atoms with Gasteiger partial charge in [0, 0.05) is 11.9 Å². The zero-order chi connectivity index (χ0) is 14.8. The first-order valence-corrected chi connectivity index (χ1v) is 7.05. The van der Waals surface area contributed by atoms with Gasteiger partial charge in [-0.3, -0.25) is 0 Å². The third kappa shape index (κ3) is 2.41. The lowest BCUT2D eigenvalue weighted by Crippen LogP contribution is -2.38. The molecule has 1 fully saturated rings. The number of hydrogen-bond acceptors (Lipinski definition) is 5. The highest BCUT2D eigenvalue weighted by Crippen LogP contribution is 2.30. The van der Waals surface area contributed by atoms with Crippen LogP contribution in [-0.2, 0) is 9.53 Å². The first-order valence-electron chi connectivity index (χ1n) is 7.05. The molecule has 0 aliphatic carbocycles. The molecule has 1 aliphatic rings. The summed E-state index contributed by atoms with van der Waals surface area (Å²) in [6, 6.07) is 4.41. The summed E-state index contributed by atoms with van der Waals surface area (Å²) in [7, 11) is 0. The van der Waals surface area contributed by atoms with E-state index in [1.807, 2.05) is 4.90 Å². The van der Waals surface area contributed by atoms with E-state index in [0.717, 1.165) is 12.8 Å². The lowest BCUT2D eigenvalue weighted by atomic mass is 10.2. The van der Waals surface area contributed by atoms with Gasteiger partial charge in [0.2, 0.25) is 0 Å². The van der Waals surface area contributed by atoms with Gasteiger partial charge in [-0.15, -0.1) is 0 Å². The zero-order valence-electron chi connectivity index (χ0n) is 11.8. The monoisotopic (exact) mass is 289 g/mol. The summed E-state index contributed by atoms with van der Waals surface area (Å²) in [5.74, 6) is -0.0451. The molecule has 1 aliphatic heterocycles. The maximum Gasteiger partial charge on any atom is 0.328 e. The number of nitrogens with zero attached hydrogens (tertiary/aromatic N) is 3. The van der Waals surface area contributed by atoms with Crippen LogP contribution < -0.4 is 4.90 Å². The van der Waals surface area contributed by atoms with E-state index in [1.54, 1.807) is 19.1 Å². The molecule has 5 nitrogen and oxygen atoms in total. The summed E-state index contributed by atoms with van der Waals surface area (Å²) in [6.45, 7) is 2.83. The van der Waals surface area contributed by atoms with E-state index in [4.69, 9.17) is 4.74 Å². The van der Waals surface area contributed by atoms with Gasteiger partial charge < -0.3 is 9.64 Å². The van der Waals surface area contributed by atoms with Gasteiger partial charge in [-0.05, 0) is 31.9 Å². The molecule has 2 heterocycles. The fraction of sp³-hybridized carbons (Fsp3) is 0.400. The van der Waals surface area contributed by atoms with Gasteiger partial charge in [0.15, 0.2) is 0 Å². The van der Waals surface area contributed by atoms with E-state index in [0.29, 0.717) is 24.4 Å². The Bertz CT molecular complexity index is 677. The Morgan fingerprint density at radius 2 is 2.33 bits per heavy atom. The number of para-hydroxylation sites is 1. The second-order valence-electron chi connectivity index (χ2n) is 4.94. The van der Waals surface area contributed by atoms with Crippen LogP contribution in [0.25, 0.3) is 10.9 Å². The van der Waals surface area contributed by atoms with Crippen molar-refractivity contribution in [1.29, 1.82) is 0 Å². The molecule has 2 aromatic rings. The Morgan fingerprint density at radius 3 is 3.14 bits per heavy atom. The molecule has 0 amide bonds. The molecule has 3 rings (SSSR count). The maximum atomic E-state index is 13.8. The molecule has 0 N–H and O–H groups in total. The van der Waals surface area contributed by atoms with Crippen molar-refractivity contribution in [3.63, 3.8) is 0 Å². The minimum atomic E-state index is -0.386. The number of hydrogen-bond donors (Lipinski definition) is 0. The average molecular weight is 289 g/mol. The number of aromatic nitrogens is 2. The number of carbonyl (C=O) groups excluding carboxylic acids is 1. The molecule has 21 heavy (non-hydrogen) atoms. The number of carbonyl (C=O) groups is 1. The molecular weight excluding hydrogens is 273 g/mol. The number of esters is 1. The van der Waals surface area contributed by atoms with Gasteiger partial charge in [0.25, 0.3) is 0 Å². The Labute approximate surface area is 121 Å². The van der Waals surface area contributed by atoms with Crippen LogP contribution in [0, 0.1) is 5.82 Å². The summed E-state index contributed by atoms with van der Waals surface area (Å²) >= 11 is 0. The Kier molecular flexibility index (Phi) is 3.68. The fourth-order valence-corrected chi connectivity index (χ4v) is 2.77. The Morgan fingerprint density at radius 1 is 1.48 bits per heavy atom. The lowest BCUT2D eigenvalue weighted by Gasteiger charge is -2.25. The highest BCUT2D eigenvalue weighted by atomic mass is 19.1. The van der Waals surface area contributed by atoms with Crippen molar-refractivity contribution in [2.45, 2.75) is 25.8 Å². The fourth-order valence-electron chi connectivity index (χ4n) is 2.77. The highest BCUT2D eigenvalue weighted by molar-refractivity contribution is 5.92. The van der Waals surface area contributed by atoms with E-state index < -0.39 is 0 Å². The van der Waals surface area contributed by atoms with Crippen molar-refractivity contribution in [2.24, 2.45) is 0 Å². The normalized spacial score (nSPS) is 18.2. The van der Waals surface area contributed by atoms with Gasteiger partial charge in [-0.25, -0.2) is 19.2 Å². The molecule has 0 bridgehead atoms. The predicted octanol–water partition coefficient (Wildman–Crippen LogP) is 2.30. The largest absolute Gasteiger partial charge is 0.464 e. The van der Waals surface area contributed by atoms with Crippen molar-refractivity contribution in [1.82, 2.24) is 9.97 Å². The summed E-state index contributed by atoms with van der Waals surface area (Å²) in [4.78, 5) is 22.2. The van der Waals surface area contributed by atoms with Crippen molar-refractivity contribution in [3.8, 4) is 0 Å².